The van der Waals surface area contributed by atoms with Crippen LogP contribution in [0.4, 0.5) is 17.1 Å². The molecule has 0 atom stereocenters. The molecule has 0 unspecified atom stereocenters. The summed E-state index contributed by atoms with van der Waals surface area (Å²) in [6, 6.07) is 98.8. The van der Waals surface area contributed by atoms with Gasteiger partial charge in [-0.05, 0) is 108 Å². The SMILES string of the molecule is c1ccc(-c2cccc(-c3ccccc3)c2N(c2cccc(-c3ccc4c(c3)c(-c3ccccc3)c(-c3ccccc3)c3ccccc34)c2)c2cccc(-c3cccc4c3oc3ccccc34)c2)cc1. The third-order valence-corrected chi connectivity index (χ3v) is 13.8. The van der Waals surface area contributed by atoms with Crippen molar-refractivity contribution in [2.45, 2.75) is 0 Å². The van der Waals surface area contributed by atoms with E-state index in [0.717, 1.165) is 83.5 Å². The highest BCUT2D eigenvalue weighted by Crippen LogP contribution is 2.50. The number of nitrogens with zero attached hydrogens (tertiary/aromatic N) is 1. The molecule has 2 heteroatoms. The number of para-hydroxylation sites is 3. The Morgan fingerprint density at radius 3 is 1.31 bits per heavy atom. The van der Waals surface area contributed by atoms with Crippen molar-refractivity contribution in [1.82, 2.24) is 0 Å². The molecule has 0 amide bonds. The van der Waals surface area contributed by atoms with Gasteiger partial charge in [0.15, 0.2) is 0 Å². The minimum absolute atomic E-state index is 0.887. The van der Waals surface area contributed by atoms with E-state index in [2.05, 4.69) is 272 Å². The maximum absolute atomic E-state index is 6.64. The molecule has 0 bridgehead atoms. The molecule has 1 heterocycles. The molecule has 0 aliphatic carbocycles. The molecule has 0 aliphatic heterocycles. The Labute approximate surface area is 407 Å². The molecule has 328 valence electrons. The summed E-state index contributed by atoms with van der Waals surface area (Å²) in [7, 11) is 0. The van der Waals surface area contributed by atoms with Gasteiger partial charge >= 0.3 is 0 Å². The second-order valence-corrected chi connectivity index (χ2v) is 17.9. The van der Waals surface area contributed by atoms with E-state index >= 15 is 0 Å². The summed E-state index contributed by atoms with van der Waals surface area (Å²) in [6.07, 6.45) is 0. The normalized spacial score (nSPS) is 11.4. The van der Waals surface area contributed by atoms with E-state index in [9.17, 15) is 0 Å². The van der Waals surface area contributed by atoms with Crippen molar-refractivity contribution in [3.63, 3.8) is 0 Å². The highest BCUT2D eigenvalue weighted by Gasteiger charge is 2.24. The standard InChI is InChI=1S/C68H45NO/c1-5-21-46(22-6-1)55-36-19-37-56(47-23-7-2-8-24-47)67(55)69(54-32-18-30-52(44-54)57-38-20-39-62-60-34-15-16-40-64(60)70-68(57)62)53-31-17-29-50(43-53)51-41-42-59-58-33-13-14-35-61(58)65(48-25-9-3-10-26-48)66(63(59)45-51)49-27-11-4-12-28-49/h1-45H. The fourth-order valence-corrected chi connectivity index (χ4v) is 10.7. The zero-order valence-corrected chi connectivity index (χ0v) is 38.3. The zero-order valence-electron chi connectivity index (χ0n) is 38.3. The summed E-state index contributed by atoms with van der Waals surface area (Å²) in [5.41, 5.74) is 18.8. The lowest BCUT2D eigenvalue weighted by Crippen LogP contribution is -2.13. The van der Waals surface area contributed by atoms with Crippen molar-refractivity contribution in [2.75, 3.05) is 4.90 Å². The number of rotatable bonds is 9. The third kappa shape index (κ3) is 7.13. The van der Waals surface area contributed by atoms with Crippen LogP contribution in [0.3, 0.4) is 0 Å². The Bertz CT molecular complexity index is 3990. The second kappa shape index (κ2) is 17.4. The molecule has 0 N–H and O–H groups in total. The molecule has 0 saturated heterocycles. The molecule has 0 aliphatic rings. The van der Waals surface area contributed by atoms with E-state index in [-0.39, 0.29) is 0 Å². The van der Waals surface area contributed by atoms with Crippen LogP contribution < -0.4 is 4.90 Å². The summed E-state index contributed by atoms with van der Waals surface area (Å²) in [4.78, 5) is 2.47. The molecule has 1 aromatic heterocycles. The van der Waals surface area contributed by atoms with Gasteiger partial charge in [0.25, 0.3) is 0 Å². The first-order valence-electron chi connectivity index (χ1n) is 24.0. The largest absolute Gasteiger partial charge is 0.455 e. The highest BCUT2D eigenvalue weighted by molar-refractivity contribution is 6.22. The maximum atomic E-state index is 6.64. The lowest BCUT2D eigenvalue weighted by atomic mass is 9.84. The second-order valence-electron chi connectivity index (χ2n) is 17.9. The van der Waals surface area contributed by atoms with Gasteiger partial charge < -0.3 is 9.32 Å². The van der Waals surface area contributed by atoms with E-state index in [1.807, 2.05) is 6.07 Å². The Kier molecular flexibility index (Phi) is 10.2. The summed E-state index contributed by atoms with van der Waals surface area (Å²) in [5.74, 6) is 0. The third-order valence-electron chi connectivity index (χ3n) is 13.8. The quantitative estimate of drug-likeness (QED) is 0.134. The van der Waals surface area contributed by atoms with Crippen LogP contribution in [0.25, 0.3) is 110 Å². The summed E-state index contributed by atoms with van der Waals surface area (Å²) < 4.78 is 6.64. The van der Waals surface area contributed by atoms with Gasteiger partial charge in [0.05, 0.1) is 5.69 Å². The van der Waals surface area contributed by atoms with Crippen molar-refractivity contribution >= 4 is 60.5 Å². The van der Waals surface area contributed by atoms with Crippen molar-refractivity contribution in [3.8, 4) is 66.8 Å². The van der Waals surface area contributed by atoms with Crippen LogP contribution in [0.15, 0.2) is 277 Å². The average Bonchev–Trinajstić information content (AvgIpc) is 3.83. The van der Waals surface area contributed by atoms with Crippen LogP contribution in [0.5, 0.6) is 0 Å². The first-order valence-corrected chi connectivity index (χ1v) is 24.0. The van der Waals surface area contributed by atoms with Crippen LogP contribution in [0.1, 0.15) is 0 Å². The van der Waals surface area contributed by atoms with Gasteiger partial charge in [0.2, 0.25) is 0 Å². The van der Waals surface area contributed by atoms with Crippen LogP contribution >= 0.6 is 0 Å². The van der Waals surface area contributed by atoms with Crippen molar-refractivity contribution in [2.24, 2.45) is 0 Å². The van der Waals surface area contributed by atoms with E-state index in [1.54, 1.807) is 0 Å². The first-order chi connectivity index (χ1) is 34.7. The predicted molar refractivity (Wildman–Crippen MR) is 296 cm³/mol. The molecule has 12 aromatic carbocycles. The van der Waals surface area contributed by atoms with Crippen molar-refractivity contribution in [3.05, 3.63) is 273 Å². The van der Waals surface area contributed by atoms with Crippen LogP contribution in [0.2, 0.25) is 0 Å². The van der Waals surface area contributed by atoms with Crippen LogP contribution in [0, 0.1) is 0 Å². The van der Waals surface area contributed by atoms with Gasteiger partial charge in [0.1, 0.15) is 11.2 Å². The summed E-state index contributed by atoms with van der Waals surface area (Å²) in [5, 5.41) is 7.17. The van der Waals surface area contributed by atoms with E-state index in [1.165, 1.54) is 43.8 Å². The first kappa shape index (κ1) is 41.0. The molecule has 0 radical (unpaired) electrons. The number of hydrogen-bond donors (Lipinski definition) is 0. The predicted octanol–water partition coefficient (Wildman–Crippen LogP) is 19.4. The Morgan fingerprint density at radius 1 is 0.243 bits per heavy atom. The smallest absolute Gasteiger partial charge is 0.143 e. The van der Waals surface area contributed by atoms with Crippen LogP contribution in [-0.2, 0) is 0 Å². The van der Waals surface area contributed by atoms with Crippen LogP contribution in [-0.4, -0.2) is 0 Å². The minimum Gasteiger partial charge on any atom is -0.455 e. The Morgan fingerprint density at radius 2 is 0.671 bits per heavy atom. The van der Waals surface area contributed by atoms with Gasteiger partial charge in [-0.15, -0.1) is 0 Å². The fraction of sp³-hybridized carbons (Fsp3) is 0. The number of anilines is 3. The molecule has 70 heavy (non-hydrogen) atoms. The van der Waals surface area contributed by atoms with Gasteiger partial charge in [-0.2, -0.15) is 0 Å². The van der Waals surface area contributed by atoms with Crippen molar-refractivity contribution in [1.29, 1.82) is 0 Å². The van der Waals surface area contributed by atoms with Crippen molar-refractivity contribution < 1.29 is 4.42 Å². The van der Waals surface area contributed by atoms with Gasteiger partial charge in [-0.25, -0.2) is 0 Å². The average molecular weight is 892 g/mol. The number of furan rings is 1. The molecule has 2 nitrogen and oxygen atoms in total. The maximum Gasteiger partial charge on any atom is 0.143 e. The molecule has 0 fully saturated rings. The number of fused-ring (bicyclic) bond motifs is 6. The highest BCUT2D eigenvalue weighted by atomic mass is 16.3. The Balaban J connectivity index is 1.06. The molecule has 13 aromatic rings. The fourth-order valence-electron chi connectivity index (χ4n) is 10.7. The molecule has 13 rings (SSSR count). The molecular weight excluding hydrogens is 847 g/mol. The van der Waals surface area contributed by atoms with Gasteiger partial charge in [-0.1, -0.05) is 237 Å². The van der Waals surface area contributed by atoms with Gasteiger partial charge in [-0.3, -0.25) is 0 Å². The number of benzene rings is 12. The molecule has 0 saturated carbocycles. The van der Waals surface area contributed by atoms with E-state index in [0.29, 0.717) is 0 Å². The zero-order chi connectivity index (χ0) is 46.4. The minimum atomic E-state index is 0.887. The molecular formula is C68H45NO. The lowest BCUT2D eigenvalue weighted by Gasteiger charge is -2.31. The van der Waals surface area contributed by atoms with E-state index in [4.69, 9.17) is 4.42 Å². The molecule has 0 spiro atoms. The topological polar surface area (TPSA) is 16.4 Å². The summed E-state index contributed by atoms with van der Waals surface area (Å²) in [6.45, 7) is 0. The monoisotopic (exact) mass is 891 g/mol. The van der Waals surface area contributed by atoms with Gasteiger partial charge in [0, 0.05) is 38.8 Å². The summed E-state index contributed by atoms with van der Waals surface area (Å²) >= 11 is 0. The van der Waals surface area contributed by atoms with E-state index < -0.39 is 0 Å². The lowest BCUT2D eigenvalue weighted by molar-refractivity contribution is 0.670. The Hall–Kier alpha value is -9.24. The number of hydrogen-bond acceptors (Lipinski definition) is 2.